The molecule has 2 rings (SSSR count). The van der Waals surface area contributed by atoms with E-state index in [-0.39, 0.29) is 0 Å². The molecule has 100 valence electrons. The zero-order chi connectivity index (χ0) is 13.1. The van der Waals surface area contributed by atoms with Crippen molar-refractivity contribution in [2.75, 3.05) is 6.61 Å². The number of nitrogens with two attached hydrogens (primary N) is 1. The highest BCUT2D eigenvalue weighted by molar-refractivity contribution is 5.44. The van der Waals surface area contributed by atoms with E-state index in [2.05, 4.69) is 32.9 Å². The van der Waals surface area contributed by atoms with Gasteiger partial charge in [0, 0.05) is 6.04 Å². The zero-order valence-electron chi connectivity index (χ0n) is 11.8. The van der Waals surface area contributed by atoms with E-state index in [9.17, 15) is 0 Å². The Kier molecular flexibility index (Phi) is 4.28. The lowest BCUT2D eigenvalue weighted by atomic mass is 10.0. The van der Waals surface area contributed by atoms with Crippen molar-refractivity contribution in [3.63, 3.8) is 0 Å². The molecule has 2 nitrogen and oxygen atoms in total. The first kappa shape index (κ1) is 13.4. The summed E-state index contributed by atoms with van der Waals surface area (Å²) in [6.45, 7) is 7.18. The van der Waals surface area contributed by atoms with Crippen LogP contribution in [0.2, 0.25) is 0 Å². The fourth-order valence-corrected chi connectivity index (χ4v) is 2.88. The summed E-state index contributed by atoms with van der Waals surface area (Å²) >= 11 is 0. The van der Waals surface area contributed by atoms with Crippen molar-refractivity contribution in [1.82, 2.24) is 0 Å². The van der Waals surface area contributed by atoms with Crippen LogP contribution in [0, 0.1) is 26.7 Å². The van der Waals surface area contributed by atoms with E-state index in [0.29, 0.717) is 12.0 Å². The summed E-state index contributed by atoms with van der Waals surface area (Å²) < 4.78 is 6.00. The molecule has 2 unspecified atom stereocenters. The minimum atomic E-state index is 0.397. The molecule has 1 aliphatic carbocycles. The van der Waals surface area contributed by atoms with Crippen LogP contribution in [0.4, 0.5) is 0 Å². The standard InChI is InChI=1S/C16H25NO/c1-11-7-8-12(2)16(13(11)3)18-10-9-14-5-4-6-15(14)17/h7-8,14-15H,4-6,9-10,17H2,1-3H3. The third-order valence-electron chi connectivity index (χ3n) is 4.33. The van der Waals surface area contributed by atoms with Gasteiger partial charge in [-0.2, -0.15) is 0 Å². The Bertz CT molecular complexity index is 414. The molecular formula is C16H25NO. The highest BCUT2D eigenvalue weighted by atomic mass is 16.5. The Balaban J connectivity index is 1.92. The van der Waals surface area contributed by atoms with E-state index in [1.54, 1.807) is 0 Å². The first-order valence-electron chi connectivity index (χ1n) is 7.04. The molecule has 0 amide bonds. The largest absolute Gasteiger partial charge is 0.493 e. The van der Waals surface area contributed by atoms with Crippen molar-refractivity contribution < 1.29 is 4.74 Å². The molecule has 1 aliphatic rings. The zero-order valence-corrected chi connectivity index (χ0v) is 11.8. The molecule has 18 heavy (non-hydrogen) atoms. The van der Waals surface area contributed by atoms with Gasteiger partial charge in [0.1, 0.15) is 5.75 Å². The van der Waals surface area contributed by atoms with Crippen LogP contribution in [0.15, 0.2) is 12.1 Å². The van der Waals surface area contributed by atoms with Crippen LogP contribution >= 0.6 is 0 Å². The third kappa shape index (κ3) is 2.86. The molecule has 0 spiro atoms. The normalized spacial score (nSPS) is 23.3. The van der Waals surface area contributed by atoms with Gasteiger partial charge in [0.05, 0.1) is 6.61 Å². The van der Waals surface area contributed by atoms with E-state index in [1.165, 1.54) is 36.0 Å². The van der Waals surface area contributed by atoms with Gasteiger partial charge in [0.15, 0.2) is 0 Å². The topological polar surface area (TPSA) is 35.2 Å². The van der Waals surface area contributed by atoms with Crippen molar-refractivity contribution in [2.45, 2.75) is 52.5 Å². The fourth-order valence-electron chi connectivity index (χ4n) is 2.88. The predicted molar refractivity (Wildman–Crippen MR) is 76.1 cm³/mol. The van der Waals surface area contributed by atoms with Gasteiger partial charge in [-0.15, -0.1) is 0 Å². The van der Waals surface area contributed by atoms with Crippen LogP contribution in [0.25, 0.3) is 0 Å². The van der Waals surface area contributed by atoms with Crippen molar-refractivity contribution in [3.8, 4) is 5.75 Å². The average Bonchev–Trinajstić information content (AvgIpc) is 2.74. The lowest BCUT2D eigenvalue weighted by Gasteiger charge is -2.18. The second kappa shape index (κ2) is 5.75. The van der Waals surface area contributed by atoms with Crippen LogP contribution in [-0.2, 0) is 0 Å². The number of benzene rings is 1. The van der Waals surface area contributed by atoms with Crippen LogP contribution in [0.5, 0.6) is 5.75 Å². The highest BCUT2D eigenvalue weighted by Crippen LogP contribution is 2.29. The van der Waals surface area contributed by atoms with Gasteiger partial charge in [-0.1, -0.05) is 18.6 Å². The Morgan fingerprint density at radius 2 is 1.89 bits per heavy atom. The molecule has 2 N–H and O–H groups in total. The first-order chi connectivity index (χ1) is 8.59. The number of hydrogen-bond donors (Lipinski definition) is 1. The summed E-state index contributed by atoms with van der Waals surface area (Å²) in [6.07, 6.45) is 4.84. The third-order valence-corrected chi connectivity index (χ3v) is 4.33. The molecule has 2 atom stereocenters. The van der Waals surface area contributed by atoms with E-state index >= 15 is 0 Å². The van der Waals surface area contributed by atoms with Crippen molar-refractivity contribution in [2.24, 2.45) is 11.7 Å². The molecule has 1 saturated carbocycles. The van der Waals surface area contributed by atoms with Gasteiger partial charge in [0.2, 0.25) is 0 Å². The maximum absolute atomic E-state index is 6.09. The number of ether oxygens (including phenoxy) is 1. The Morgan fingerprint density at radius 3 is 2.56 bits per heavy atom. The van der Waals surface area contributed by atoms with Gasteiger partial charge in [-0.05, 0) is 62.6 Å². The summed E-state index contributed by atoms with van der Waals surface area (Å²) in [5.41, 5.74) is 9.89. The predicted octanol–water partition coefficient (Wildman–Crippen LogP) is 3.51. The van der Waals surface area contributed by atoms with E-state index in [0.717, 1.165) is 18.8 Å². The second-order valence-corrected chi connectivity index (χ2v) is 5.65. The number of rotatable bonds is 4. The maximum atomic E-state index is 6.09. The van der Waals surface area contributed by atoms with Crippen LogP contribution in [-0.4, -0.2) is 12.6 Å². The van der Waals surface area contributed by atoms with Crippen LogP contribution in [0.3, 0.4) is 0 Å². The molecular weight excluding hydrogens is 222 g/mol. The monoisotopic (exact) mass is 247 g/mol. The molecule has 0 saturated heterocycles. The van der Waals surface area contributed by atoms with E-state index in [4.69, 9.17) is 10.5 Å². The molecule has 2 heteroatoms. The lowest BCUT2D eigenvalue weighted by Crippen LogP contribution is -2.25. The number of aryl methyl sites for hydroxylation is 2. The SMILES string of the molecule is Cc1ccc(C)c(OCCC2CCCC2N)c1C. The lowest BCUT2D eigenvalue weighted by molar-refractivity contribution is 0.268. The molecule has 0 bridgehead atoms. The summed E-state index contributed by atoms with van der Waals surface area (Å²) in [5.74, 6) is 1.73. The van der Waals surface area contributed by atoms with E-state index in [1.807, 2.05) is 0 Å². The highest BCUT2D eigenvalue weighted by Gasteiger charge is 2.23. The Morgan fingerprint density at radius 1 is 1.17 bits per heavy atom. The van der Waals surface area contributed by atoms with Gasteiger partial charge in [-0.3, -0.25) is 0 Å². The smallest absolute Gasteiger partial charge is 0.125 e. The summed E-state index contributed by atoms with van der Waals surface area (Å²) in [7, 11) is 0. The Hall–Kier alpha value is -1.02. The van der Waals surface area contributed by atoms with Crippen molar-refractivity contribution >= 4 is 0 Å². The molecule has 0 aliphatic heterocycles. The van der Waals surface area contributed by atoms with Gasteiger partial charge in [0.25, 0.3) is 0 Å². The van der Waals surface area contributed by atoms with E-state index < -0.39 is 0 Å². The quantitative estimate of drug-likeness (QED) is 0.883. The summed E-state index contributed by atoms with van der Waals surface area (Å²) in [6, 6.07) is 4.69. The Labute approximate surface area is 111 Å². The van der Waals surface area contributed by atoms with Crippen molar-refractivity contribution in [1.29, 1.82) is 0 Å². The minimum Gasteiger partial charge on any atom is -0.493 e. The second-order valence-electron chi connectivity index (χ2n) is 5.65. The molecule has 0 heterocycles. The van der Waals surface area contributed by atoms with Crippen LogP contribution in [0.1, 0.15) is 42.4 Å². The van der Waals surface area contributed by atoms with Gasteiger partial charge >= 0.3 is 0 Å². The number of hydrogen-bond acceptors (Lipinski definition) is 2. The summed E-state index contributed by atoms with van der Waals surface area (Å²) in [4.78, 5) is 0. The molecule has 1 aromatic rings. The van der Waals surface area contributed by atoms with Crippen molar-refractivity contribution in [3.05, 3.63) is 28.8 Å². The van der Waals surface area contributed by atoms with Gasteiger partial charge < -0.3 is 10.5 Å². The minimum absolute atomic E-state index is 0.397. The average molecular weight is 247 g/mol. The molecule has 0 radical (unpaired) electrons. The molecule has 1 fully saturated rings. The first-order valence-corrected chi connectivity index (χ1v) is 7.04. The van der Waals surface area contributed by atoms with Crippen LogP contribution < -0.4 is 10.5 Å². The maximum Gasteiger partial charge on any atom is 0.125 e. The molecule has 0 aromatic heterocycles. The fraction of sp³-hybridized carbons (Fsp3) is 0.625. The van der Waals surface area contributed by atoms with Gasteiger partial charge in [-0.25, -0.2) is 0 Å². The molecule has 1 aromatic carbocycles. The summed E-state index contributed by atoms with van der Waals surface area (Å²) in [5, 5.41) is 0.